The van der Waals surface area contributed by atoms with Crippen LogP contribution in [0.2, 0.25) is 10.0 Å². The van der Waals surface area contributed by atoms with Gasteiger partial charge in [-0.2, -0.15) is 0 Å². The third kappa shape index (κ3) is 3.87. The molecule has 1 fully saturated rings. The first-order valence-corrected chi connectivity index (χ1v) is 8.08. The van der Waals surface area contributed by atoms with Crippen LogP contribution >= 0.6 is 23.2 Å². The fourth-order valence-electron chi connectivity index (χ4n) is 3.18. The van der Waals surface area contributed by atoms with E-state index in [9.17, 15) is 0 Å². The molecule has 106 valence electrons. The first-order valence-electron chi connectivity index (χ1n) is 7.32. The van der Waals surface area contributed by atoms with Crippen LogP contribution in [0.1, 0.15) is 57.6 Å². The van der Waals surface area contributed by atoms with E-state index in [2.05, 4.69) is 19.2 Å². The van der Waals surface area contributed by atoms with Crippen LogP contribution < -0.4 is 5.32 Å². The molecular formula is C16H23Cl2N. The largest absolute Gasteiger partial charge is 0.307 e. The Labute approximate surface area is 126 Å². The highest BCUT2D eigenvalue weighted by Crippen LogP contribution is 2.31. The monoisotopic (exact) mass is 299 g/mol. The molecule has 1 N–H and O–H groups in total. The SMILES string of the molecule is CCC1CCCCC1NC(C)c1ccc(Cl)cc1Cl. The Balaban J connectivity index is 2.05. The minimum Gasteiger partial charge on any atom is -0.307 e. The maximum atomic E-state index is 6.29. The molecule has 0 spiro atoms. The van der Waals surface area contributed by atoms with Crippen molar-refractivity contribution in [2.45, 2.75) is 58.0 Å². The van der Waals surface area contributed by atoms with Gasteiger partial charge in [0, 0.05) is 22.1 Å². The van der Waals surface area contributed by atoms with Gasteiger partial charge in [-0.05, 0) is 43.4 Å². The van der Waals surface area contributed by atoms with Crippen molar-refractivity contribution in [3.63, 3.8) is 0 Å². The molecule has 1 aromatic rings. The first kappa shape index (κ1) is 15.2. The molecule has 3 heteroatoms. The molecule has 3 atom stereocenters. The van der Waals surface area contributed by atoms with E-state index in [1.807, 2.05) is 18.2 Å². The summed E-state index contributed by atoms with van der Waals surface area (Å²) in [5.74, 6) is 0.808. The molecule has 1 aliphatic rings. The van der Waals surface area contributed by atoms with Crippen LogP contribution in [-0.4, -0.2) is 6.04 Å². The predicted octanol–water partition coefficient (Wildman–Crippen LogP) is 5.61. The minimum absolute atomic E-state index is 0.280. The zero-order valence-electron chi connectivity index (χ0n) is 11.8. The van der Waals surface area contributed by atoms with Gasteiger partial charge in [0.15, 0.2) is 0 Å². The Morgan fingerprint density at radius 1 is 1.26 bits per heavy atom. The summed E-state index contributed by atoms with van der Waals surface area (Å²) in [6.45, 7) is 4.49. The third-order valence-corrected chi connectivity index (χ3v) is 4.89. The summed E-state index contributed by atoms with van der Waals surface area (Å²) in [6, 6.07) is 6.68. The number of halogens is 2. The Morgan fingerprint density at radius 2 is 2.00 bits per heavy atom. The van der Waals surface area contributed by atoms with Crippen LogP contribution in [0.3, 0.4) is 0 Å². The summed E-state index contributed by atoms with van der Waals surface area (Å²) in [4.78, 5) is 0. The number of benzene rings is 1. The fourth-order valence-corrected chi connectivity index (χ4v) is 3.75. The molecule has 0 amide bonds. The first-order chi connectivity index (χ1) is 9.11. The predicted molar refractivity (Wildman–Crippen MR) is 84.0 cm³/mol. The average molecular weight is 300 g/mol. The Morgan fingerprint density at radius 3 is 2.68 bits per heavy atom. The lowest BCUT2D eigenvalue weighted by atomic mass is 9.82. The fraction of sp³-hybridized carbons (Fsp3) is 0.625. The summed E-state index contributed by atoms with van der Waals surface area (Å²) in [5.41, 5.74) is 1.14. The summed E-state index contributed by atoms with van der Waals surface area (Å²) in [6.07, 6.45) is 6.63. The van der Waals surface area contributed by atoms with Gasteiger partial charge in [0.25, 0.3) is 0 Å². The molecule has 1 saturated carbocycles. The van der Waals surface area contributed by atoms with Crippen molar-refractivity contribution in [2.75, 3.05) is 0 Å². The van der Waals surface area contributed by atoms with Gasteiger partial charge in [0.2, 0.25) is 0 Å². The lowest BCUT2D eigenvalue weighted by Gasteiger charge is -2.34. The molecule has 0 radical (unpaired) electrons. The molecule has 0 aliphatic heterocycles. The second kappa shape index (κ2) is 6.97. The number of rotatable bonds is 4. The maximum absolute atomic E-state index is 6.29. The summed E-state index contributed by atoms with van der Waals surface area (Å²) >= 11 is 12.2. The van der Waals surface area contributed by atoms with E-state index in [4.69, 9.17) is 23.2 Å². The zero-order chi connectivity index (χ0) is 13.8. The maximum Gasteiger partial charge on any atom is 0.0468 e. The Bertz CT molecular complexity index is 419. The van der Waals surface area contributed by atoms with Gasteiger partial charge in [-0.25, -0.2) is 0 Å². The van der Waals surface area contributed by atoms with Crippen molar-refractivity contribution in [3.05, 3.63) is 33.8 Å². The van der Waals surface area contributed by atoms with Gasteiger partial charge < -0.3 is 5.32 Å². The highest BCUT2D eigenvalue weighted by molar-refractivity contribution is 6.35. The van der Waals surface area contributed by atoms with E-state index in [1.165, 1.54) is 32.1 Å². The molecule has 2 rings (SSSR count). The lowest BCUT2D eigenvalue weighted by Crippen LogP contribution is -2.39. The molecular weight excluding hydrogens is 277 g/mol. The van der Waals surface area contributed by atoms with Crippen molar-refractivity contribution in [2.24, 2.45) is 5.92 Å². The van der Waals surface area contributed by atoms with Crippen LogP contribution in [0.25, 0.3) is 0 Å². The third-order valence-electron chi connectivity index (χ3n) is 4.33. The molecule has 1 aliphatic carbocycles. The number of nitrogens with one attached hydrogen (secondary N) is 1. The smallest absolute Gasteiger partial charge is 0.0468 e. The van der Waals surface area contributed by atoms with E-state index < -0.39 is 0 Å². The molecule has 3 unspecified atom stereocenters. The summed E-state index contributed by atoms with van der Waals surface area (Å²) in [7, 11) is 0. The number of hydrogen-bond acceptors (Lipinski definition) is 1. The van der Waals surface area contributed by atoms with Crippen molar-refractivity contribution in [1.29, 1.82) is 0 Å². The molecule has 1 nitrogen and oxygen atoms in total. The van der Waals surface area contributed by atoms with Crippen LogP contribution in [0.15, 0.2) is 18.2 Å². The topological polar surface area (TPSA) is 12.0 Å². The molecule has 0 bridgehead atoms. The lowest BCUT2D eigenvalue weighted by molar-refractivity contribution is 0.241. The molecule has 0 aromatic heterocycles. The number of hydrogen-bond donors (Lipinski definition) is 1. The normalized spacial score (nSPS) is 25.3. The zero-order valence-corrected chi connectivity index (χ0v) is 13.3. The Kier molecular flexibility index (Phi) is 5.56. The van der Waals surface area contributed by atoms with E-state index >= 15 is 0 Å². The quantitative estimate of drug-likeness (QED) is 0.761. The van der Waals surface area contributed by atoms with Crippen LogP contribution in [0.4, 0.5) is 0 Å². The van der Waals surface area contributed by atoms with Crippen molar-refractivity contribution < 1.29 is 0 Å². The van der Waals surface area contributed by atoms with E-state index in [1.54, 1.807) is 0 Å². The van der Waals surface area contributed by atoms with Gasteiger partial charge in [0.1, 0.15) is 0 Å². The molecule has 0 saturated heterocycles. The van der Waals surface area contributed by atoms with Gasteiger partial charge in [-0.15, -0.1) is 0 Å². The standard InChI is InChI=1S/C16H23Cl2N/c1-3-12-6-4-5-7-16(12)19-11(2)14-9-8-13(17)10-15(14)18/h8-12,16,19H,3-7H2,1-2H3. The second-order valence-electron chi connectivity index (χ2n) is 5.61. The van der Waals surface area contributed by atoms with Crippen molar-refractivity contribution in [3.8, 4) is 0 Å². The van der Waals surface area contributed by atoms with E-state index in [-0.39, 0.29) is 6.04 Å². The van der Waals surface area contributed by atoms with Crippen molar-refractivity contribution in [1.82, 2.24) is 5.32 Å². The van der Waals surface area contributed by atoms with E-state index in [0.717, 1.165) is 16.5 Å². The van der Waals surface area contributed by atoms with Crippen LogP contribution in [-0.2, 0) is 0 Å². The van der Waals surface area contributed by atoms with Crippen LogP contribution in [0.5, 0.6) is 0 Å². The molecule has 0 heterocycles. The Hall–Kier alpha value is -0.240. The summed E-state index contributed by atoms with van der Waals surface area (Å²) < 4.78 is 0. The van der Waals surface area contributed by atoms with Gasteiger partial charge in [-0.1, -0.05) is 55.5 Å². The van der Waals surface area contributed by atoms with Gasteiger partial charge in [-0.3, -0.25) is 0 Å². The van der Waals surface area contributed by atoms with Crippen molar-refractivity contribution >= 4 is 23.2 Å². The highest BCUT2D eigenvalue weighted by Gasteiger charge is 2.25. The van der Waals surface area contributed by atoms with Gasteiger partial charge in [0.05, 0.1) is 0 Å². The summed E-state index contributed by atoms with van der Waals surface area (Å²) in [5, 5.41) is 5.23. The molecule has 19 heavy (non-hydrogen) atoms. The minimum atomic E-state index is 0.280. The van der Waals surface area contributed by atoms with E-state index in [0.29, 0.717) is 11.1 Å². The second-order valence-corrected chi connectivity index (χ2v) is 6.46. The molecule has 1 aromatic carbocycles. The highest BCUT2D eigenvalue weighted by atomic mass is 35.5. The van der Waals surface area contributed by atoms with Gasteiger partial charge >= 0.3 is 0 Å². The average Bonchev–Trinajstić information content (AvgIpc) is 2.39. The van der Waals surface area contributed by atoms with Crippen LogP contribution in [0, 0.1) is 5.92 Å².